The summed E-state index contributed by atoms with van der Waals surface area (Å²) in [4.78, 5) is 26.7. The molecule has 5 heteroatoms. The zero-order valence-electron chi connectivity index (χ0n) is 14.7. The topological polar surface area (TPSA) is 49.4 Å². The molecule has 1 N–H and O–H groups in total. The van der Waals surface area contributed by atoms with Crippen molar-refractivity contribution in [3.05, 3.63) is 71.5 Å². The van der Waals surface area contributed by atoms with E-state index in [1.807, 2.05) is 30.3 Å². The molecule has 136 valence electrons. The highest BCUT2D eigenvalue weighted by Crippen LogP contribution is 2.19. The number of amides is 2. The van der Waals surface area contributed by atoms with Crippen LogP contribution in [0.15, 0.2) is 54.6 Å². The molecule has 1 atom stereocenters. The molecule has 3 rings (SSSR count). The maximum absolute atomic E-state index is 13.0. The normalized spacial score (nSPS) is 17.0. The van der Waals surface area contributed by atoms with Gasteiger partial charge in [-0.15, -0.1) is 0 Å². The highest BCUT2D eigenvalue weighted by Gasteiger charge is 2.28. The lowest BCUT2D eigenvalue weighted by molar-refractivity contribution is -0.126. The first-order valence-electron chi connectivity index (χ1n) is 9.00. The number of hydrogen-bond donors (Lipinski definition) is 1. The van der Waals surface area contributed by atoms with Gasteiger partial charge in [-0.05, 0) is 49.1 Å². The van der Waals surface area contributed by atoms with Gasteiger partial charge in [-0.2, -0.15) is 0 Å². The van der Waals surface area contributed by atoms with Crippen LogP contribution in [0.1, 0.15) is 28.8 Å². The van der Waals surface area contributed by atoms with E-state index in [-0.39, 0.29) is 23.5 Å². The second kappa shape index (κ2) is 8.61. The second-order valence-corrected chi connectivity index (χ2v) is 6.62. The lowest BCUT2D eigenvalue weighted by atomic mass is 9.96. The zero-order valence-corrected chi connectivity index (χ0v) is 14.7. The standard InChI is InChI=1S/C21H23FN2O2/c22-19-10-8-17(9-11-19)21(26)24-14-4-7-18(15-24)20(25)23-13-12-16-5-2-1-3-6-16/h1-3,5-6,8-11,18H,4,7,12-15H2,(H,23,25). The number of carbonyl (C=O) groups excluding carboxylic acids is 2. The Morgan fingerprint density at radius 2 is 1.81 bits per heavy atom. The lowest BCUT2D eigenvalue weighted by Gasteiger charge is -2.32. The minimum Gasteiger partial charge on any atom is -0.355 e. The van der Waals surface area contributed by atoms with Crippen LogP contribution in [-0.2, 0) is 11.2 Å². The molecular formula is C21H23FN2O2. The Kier molecular flexibility index (Phi) is 6.00. The van der Waals surface area contributed by atoms with Crippen molar-refractivity contribution < 1.29 is 14.0 Å². The third-order valence-electron chi connectivity index (χ3n) is 4.73. The summed E-state index contributed by atoms with van der Waals surface area (Å²) in [5.41, 5.74) is 1.64. The summed E-state index contributed by atoms with van der Waals surface area (Å²) in [5.74, 6) is -0.705. The summed E-state index contributed by atoms with van der Waals surface area (Å²) in [5, 5.41) is 2.98. The number of likely N-dealkylation sites (tertiary alicyclic amines) is 1. The maximum atomic E-state index is 13.0. The van der Waals surface area contributed by atoms with E-state index in [1.165, 1.54) is 29.8 Å². The summed E-state index contributed by atoms with van der Waals surface area (Å²) < 4.78 is 13.0. The minimum atomic E-state index is -0.365. The molecule has 1 saturated heterocycles. The van der Waals surface area contributed by atoms with E-state index >= 15 is 0 Å². The van der Waals surface area contributed by atoms with E-state index in [9.17, 15) is 14.0 Å². The molecule has 2 amide bonds. The number of rotatable bonds is 5. The first kappa shape index (κ1) is 18.1. The molecule has 1 heterocycles. The van der Waals surface area contributed by atoms with Crippen molar-refractivity contribution >= 4 is 11.8 Å². The molecule has 2 aromatic rings. The average molecular weight is 354 g/mol. The molecule has 2 aromatic carbocycles. The molecule has 26 heavy (non-hydrogen) atoms. The number of nitrogens with one attached hydrogen (secondary N) is 1. The van der Waals surface area contributed by atoms with Gasteiger partial charge in [0.25, 0.3) is 5.91 Å². The molecule has 4 nitrogen and oxygen atoms in total. The van der Waals surface area contributed by atoms with Gasteiger partial charge in [0, 0.05) is 25.2 Å². The van der Waals surface area contributed by atoms with Gasteiger partial charge < -0.3 is 10.2 Å². The molecule has 0 aliphatic carbocycles. The maximum Gasteiger partial charge on any atom is 0.253 e. The largest absolute Gasteiger partial charge is 0.355 e. The minimum absolute atomic E-state index is 0.00228. The Labute approximate surface area is 153 Å². The van der Waals surface area contributed by atoms with Crippen molar-refractivity contribution in [3.8, 4) is 0 Å². The van der Waals surface area contributed by atoms with E-state index in [1.54, 1.807) is 4.90 Å². The average Bonchev–Trinajstić information content (AvgIpc) is 2.69. The first-order chi connectivity index (χ1) is 12.6. The fourth-order valence-corrected chi connectivity index (χ4v) is 3.27. The Morgan fingerprint density at radius 3 is 2.54 bits per heavy atom. The highest BCUT2D eigenvalue weighted by molar-refractivity contribution is 5.94. The van der Waals surface area contributed by atoms with Gasteiger partial charge in [0.05, 0.1) is 5.92 Å². The van der Waals surface area contributed by atoms with E-state index < -0.39 is 0 Å². The van der Waals surface area contributed by atoms with Crippen LogP contribution < -0.4 is 5.32 Å². The number of nitrogens with zero attached hydrogens (tertiary/aromatic N) is 1. The highest BCUT2D eigenvalue weighted by atomic mass is 19.1. The molecule has 0 radical (unpaired) electrons. The quantitative estimate of drug-likeness (QED) is 0.897. The van der Waals surface area contributed by atoms with Crippen LogP contribution >= 0.6 is 0 Å². The van der Waals surface area contributed by atoms with Crippen LogP contribution in [-0.4, -0.2) is 36.3 Å². The first-order valence-corrected chi connectivity index (χ1v) is 9.00. The van der Waals surface area contributed by atoms with Crippen LogP contribution in [0, 0.1) is 11.7 Å². The summed E-state index contributed by atoms with van der Waals surface area (Å²) in [6, 6.07) is 15.6. The second-order valence-electron chi connectivity index (χ2n) is 6.62. The summed E-state index contributed by atoms with van der Waals surface area (Å²) >= 11 is 0. The number of hydrogen-bond acceptors (Lipinski definition) is 2. The smallest absolute Gasteiger partial charge is 0.253 e. The van der Waals surface area contributed by atoms with E-state index in [2.05, 4.69) is 5.32 Å². The van der Waals surface area contributed by atoms with E-state index in [4.69, 9.17) is 0 Å². The monoisotopic (exact) mass is 354 g/mol. The Balaban J connectivity index is 1.51. The van der Waals surface area contributed by atoms with Crippen molar-refractivity contribution in [1.29, 1.82) is 0 Å². The fraction of sp³-hybridized carbons (Fsp3) is 0.333. The van der Waals surface area contributed by atoms with Crippen LogP contribution in [0.5, 0.6) is 0 Å². The van der Waals surface area contributed by atoms with Crippen LogP contribution in [0.2, 0.25) is 0 Å². The van der Waals surface area contributed by atoms with Crippen LogP contribution in [0.3, 0.4) is 0 Å². The lowest BCUT2D eigenvalue weighted by Crippen LogP contribution is -2.45. The number of benzene rings is 2. The van der Waals surface area contributed by atoms with E-state index in [0.29, 0.717) is 25.2 Å². The Bertz CT molecular complexity index is 746. The van der Waals surface area contributed by atoms with Gasteiger partial charge in [0.1, 0.15) is 5.82 Å². The van der Waals surface area contributed by atoms with Gasteiger partial charge in [0.15, 0.2) is 0 Å². The van der Waals surface area contributed by atoms with Gasteiger partial charge in [0.2, 0.25) is 5.91 Å². The summed E-state index contributed by atoms with van der Waals surface area (Å²) in [6.07, 6.45) is 2.37. The predicted molar refractivity (Wildman–Crippen MR) is 98.2 cm³/mol. The van der Waals surface area contributed by atoms with Crippen molar-refractivity contribution in [3.63, 3.8) is 0 Å². The van der Waals surface area contributed by atoms with Crippen molar-refractivity contribution in [2.75, 3.05) is 19.6 Å². The van der Waals surface area contributed by atoms with Crippen LogP contribution in [0.25, 0.3) is 0 Å². The van der Waals surface area contributed by atoms with Gasteiger partial charge >= 0.3 is 0 Å². The molecule has 0 bridgehead atoms. The van der Waals surface area contributed by atoms with Crippen LogP contribution in [0.4, 0.5) is 4.39 Å². The predicted octanol–water partition coefficient (Wildman–Crippen LogP) is 3.04. The summed E-state index contributed by atoms with van der Waals surface area (Å²) in [7, 11) is 0. The molecule has 1 unspecified atom stereocenters. The van der Waals surface area contributed by atoms with Crippen molar-refractivity contribution in [2.24, 2.45) is 5.92 Å². The third kappa shape index (κ3) is 4.69. The molecule has 0 saturated carbocycles. The number of carbonyl (C=O) groups is 2. The Hall–Kier alpha value is -2.69. The van der Waals surface area contributed by atoms with Crippen molar-refractivity contribution in [2.45, 2.75) is 19.3 Å². The molecule has 1 aliphatic rings. The van der Waals surface area contributed by atoms with E-state index in [0.717, 1.165) is 19.3 Å². The van der Waals surface area contributed by atoms with Gasteiger partial charge in [-0.25, -0.2) is 4.39 Å². The number of halogens is 1. The van der Waals surface area contributed by atoms with Gasteiger partial charge in [-0.3, -0.25) is 9.59 Å². The molecule has 1 aliphatic heterocycles. The molecular weight excluding hydrogens is 331 g/mol. The number of piperidine rings is 1. The SMILES string of the molecule is O=C(NCCc1ccccc1)C1CCCN(C(=O)c2ccc(F)cc2)C1. The fourth-order valence-electron chi connectivity index (χ4n) is 3.27. The third-order valence-corrected chi connectivity index (χ3v) is 4.73. The van der Waals surface area contributed by atoms with Crippen molar-refractivity contribution in [1.82, 2.24) is 10.2 Å². The van der Waals surface area contributed by atoms with Gasteiger partial charge in [-0.1, -0.05) is 30.3 Å². The zero-order chi connectivity index (χ0) is 18.4. The summed E-state index contributed by atoms with van der Waals surface area (Å²) in [6.45, 7) is 1.63. The molecule has 0 aromatic heterocycles. The molecule has 0 spiro atoms. The molecule has 1 fully saturated rings. The Morgan fingerprint density at radius 1 is 1.08 bits per heavy atom.